The molecule has 1 atom stereocenters. The lowest BCUT2D eigenvalue weighted by atomic mass is 9.99. The Labute approximate surface area is 198 Å². The molecule has 6 heteroatoms. The summed E-state index contributed by atoms with van der Waals surface area (Å²) in [6.45, 7) is 3.90. The van der Waals surface area contributed by atoms with Crippen molar-refractivity contribution in [3.8, 4) is 0 Å². The van der Waals surface area contributed by atoms with Crippen LogP contribution in [0.3, 0.4) is 0 Å². The van der Waals surface area contributed by atoms with Gasteiger partial charge in [0.2, 0.25) is 11.8 Å². The van der Waals surface area contributed by atoms with Crippen molar-refractivity contribution in [3.63, 3.8) is 0 Å². The summed E-state index contributed by atoms with van der Waals surface area (Å²) in [6.07, 6.45) is 4.25. The Bertz CT molecular complexity index is 1090. The van der Waals surface area contributed by atoms with E-state index in [1.54, 1.807) is 17.0 Å². The molecule has 0 radical (unpaired) electrons. The third-order valence-electron chi connectivity index (χ3n) is 6.25. The number of benzene rings is 2. The van der Waals surface area contributed by atoms with Crippen molar-refractivity contribution >= 4 is 28.8 Å². The first-order valence-corrected chi connectivity index (χ1v) is 12.3. The van der Waals surface area contributed by atoms with E-state index in [1.807, 2.05) is 49.6 Å². The highest BCUT2D eigenvalue weighted by Crippen LogP contribution is 2.34. The van der Waals surface area contributed by atoms with Crippen LogP contribution < -0.4 is 10.2 Å². The number of nitrogens with zero attached hydrogens (tertiary/aromatic N) is 1. The van der Waals surface area contributed by atoms with E-state index >= 15 is 0 Å². The van der Waals surface area contributed by atoms with Gasteiger partial charge in [-0.3, -0.25) is 14.5 Å². The topological polar surface area (TPSA) is 49.4 Å². The molecule has 1 aliphatic carbocycles. The molecule has 1 aliphatic rings. The van der Waals surface area contributed by atoms with Gasteiger partial charge in [-0.2, -0.15) is 0 Å². The first-order chi connectivity index (χ1) is 15.9. The van der Waals surface area contributed by atoms with Gasteiger partial charge in [0.1, 0.15) is 11.9 Å². The van der Waals surface area contributed by atoms with Crippen LogP contribution in [0.1, 0.15) is 53.3 Å². The number of anilines is 1. The molecule has 0 bridgehead atoms. The zero-order chi connectivity index (χ0) is 23.4. The van der Waals surface area contributed by atoms with Gasteiger partial charge in [0, 0.05) is 10.9 Å². The third kappa shape index (κ3) is 5.33. The van der Waals surface area contributed by atoms with Crippen molar-refractivity contribution < 1.29 is 14.0 Å². The molecule has 0 saturated heterocycles. The summed E-state index contributed by atoms with van der Waals surface area (Å²) in [5.41, 5.74) is 3.15. The molecule has 3 aromatic rings. The van der Waals surface area contributed by atoms with E-state index in [0.29, 0.717) is 5.56 Å². The minimum absolute atomic E-state index is 0.104. The molecule has 1 heterocycles. The number of aryl methyl sites for hydroxylation is 2. The molecule has 4 rings (SSSR count). The van der Waals surface area contributed by atoms with E-state index in [-0.39, 0.29) is 30.1 Å². The van der Waals surface area contributed by atoms with Gasteiger partial charge in [0.05, 0.1) is 12.1 Å². The minimum Gasteiger partial charge on any atom is -0.351 e. The Morgan fingerprint density at radius 1 is 1.03 bits per heavy atom. The number of thiophene rings is 1. The first-order valence-electron chi connectivity index (χ1n) is 11.4. The second-order valence-corrected chi connectivity index (χ2v) is 9.74. The molecule has 1 saturated carbocycles. The maximum atomic E-state index is 13.8. The Hall–Kier alpha value is -2.99. The molecular weight excluding hydrogens is 435 g/mol. The molecule has 1 aromatic heterocycles. The van der Waals surface area contributed by atoms with E-state index in [0.717, 1.165) is 47.4 Å². The van der Waals surface area contributed by atoms with Crippen LogP contribution in [0, 0.1) is 19.7 Å². The molecule has 0 aliphatic heterocycles. The molecule has 2 aromatic carbocycles. The minimum atomic E-state index is -0.890. The van der Waals surface area contributed by atoms with Gasteiger partial charge in [-0.05, 0) is 67.0 Å². The molecule has 4 nitrogen and oxygen atoms in total. The summed E-state index contributed by atoms with van der Waals surface area (Å²) in [5.74, 6) is -0.765. The normalized spacial score (nSPS) is 14.8. The summed E-state index contributed by atoms with van der Waals surface area (Å²) < 4.78 is 13.8. The summed E-state index contributed by atoms with van der Waals surface area (Å²) >= 11 is 1.52. The zero-order valence-corrected chi connectivity index (χ0v) is 19.8. The van der Waals surface area contributed by atoms with Gasteiger partial charge in [0.25, 0.3) is 0 Å². The van der Waals surface area contributed by atoms with Crippen molar-refractivity contribution in [2.45, 2.75) is 58.0 Å². The van der Waals surface area contributed by atoms with Crippen LogP contribution in [-0.2, 0) is 16.0 Å². The number of nitrogens with one attached hydrogen (secondary N) is 1. The van der Waals surface area contributed by atoms with Crippen LogP contribution in [-0.4, -0.2) is 17.9 Å². The predicted molar refractivity (Wildman–Crippen MR) is 131 cm³/mol. The SMILES string of the molecule is Cc1cccc(C)c1N(C(=O)Cc1cccs1)[C@@H](C(=O)NC1CCCC1)c1ccc(F)cc1. The monoisotopic (exact) mass is 464 g/mol. The summed E-state index contributed by atoms with van der Waals surface area (Å²) in [7, 11) is 0. The van der Waals surface area contributed by atoms with Crippen molar-refractivity contribution in [2.75, 3.05) is 4.90 Å². The molecule has 0 spiro atoms. The maximum Gasteiger partial charge on any atom is 0.248 e. The first kappa shape index (κ1) is 23.2. The lowest BCUT2D eigenvalue weighted by Gasteiger charge is -2.34. The van der Waals surface area contributed by atoms with Gasteiger partial charge >= 0.3 is 0 Å². The van der Waals surface area contributed by atoms with Crippen molar-refractivity contribution in [2.24, 2.45) is 0 Å². The highest BCUT2D eigenvalue weighted by Gasteiger charge is 2.35. The molecule has 2 amide bonds. The fraction of sp³-hybridized carbons (Fsp3) is 0.333. The third-order valence-corrected chi connectivity index (χ3v) is 7.12. The lowest BCUT2D eigenvalue weighted by Crippen LogP contribution is -2.47. The maximum absolute atomic E-state index is 13.8. The second kappa shape index (κ2) is 10.3. The molecular formula is C27H29FN2O2S. The van der Waals surface area contributed by atoms with Crippen LogP contribution in [0.4, 0.5) is 10.1 Å². The fourth-order valence-electron chi connectivity index (χ4n) is 4.64. The van der Waals surface area contributed by atoms with Gasteiger partial charge in [-0.25, -0.2) is 4.39 Å². The molecule has 0 unspecified atom stereocenters. The van der Waals surface area contributed by atoms with Gasteiger partial charge in [-0.1, -0.05) is 49.2 Å². The number of carbonyl (C=O) groups is 2. The summed E-state index contributed by atoms with van der Waals surface area (Å²) in [6, 6.07) is 14.8. The fourth-order valence-corrected chi connectivity index (χ4v) is 5.34. The van der Waals surface area contributed by atoms with Crippen molar-refractivity contribution in [1.29, 1.82) is 0 Å². The number of halogens is 1. The van der Waals surface area contributed by atoms with Gasteiger partial charge < -0.3 is 5.32 Å². The van der Waals surface area contributed by atoms with Gasteiger partial charge in [-0.15, -0.1) is 11.3 Å². The van der Waals surface area contributed by atoms with Crippen LogP contribution in [0.5, 0.6) is 0 Å². The number of carbonyl (C=O) groups excluding carboxylic acids is 2. The highest BCUT2D eigenvalue weighted by atomic mass is 32.1. The average molecular weight is 465 g/mol. The van der Waals surface area contributed by atoms with Crippen molar-refractivity contribution in [1.82, 2.24) is 5.32 Å². The number of hydrogen-bond donors (Lipinski definition) is 1. The van der Waals surface area contributed by atoms with Crippen LogP contribution in [0.25, 0.3) is 0 Å². The lowest BCUT2D eigenvalue weighted by molar-refractivity contribution is -0.127. The molecule has 1 fully saturated rings. The zero-order valence-electron chi connectivity index (χ0n) is 19.0. The van der Waals surface area contributed by atoms with E-state index in [1.165, 1.54) is 23.5 Å². The quantitative estimate of drug-likeness (QED) is 0.475. The van der Waals surface area contributed by atoms with Crippen LogP contribution >= 0.6 is 11.3 Å². The van der Waals surface area contributed by atoms with E-state index in [2.05, 4.69) is 5.32 Å². The molecule has 33 heavy (non-hydrogen) atoms. The highest BCUT2D eigenvalue weighted by molar-refractivity contribution is 7.10. The Kier molecular flexibility index (Phi) is 7.23. The number of amides is 2. The molecule has 1 N–H and O–H groups in total. The van der Waals surface area contributed by atoms with Crippen molar-refractivity contribution in [3.05, 3.63) is 87.4 Å². The van der Waals surface area contributed by atoms with E-state index < -0.39 is 6.04 Å². The smallest absolute Gasteiger partial charge is 0.248 e. The standard InChI is InChI=1S/C27H29FN2O2S/c1-18-7-5-8-19(2)25(18)30(24(31)17-23-11-6-16-33-23)26(20-12-14-21(28)15-13-20)27(32)29-22-9-3-4-10-22/h5-8,11-16,22,26H,3-4,9-10,17H2,1-2H3,(H,29,32)/t26-/m1/s1. The number of hydrogen-bond acceptors (Lipinski definition) is 3. The predicted octanol–water partition coefficient (Wildman–Crippen LogP) is 5.88. The number of rotatable bonds is 7. The summed E-state index contributed by atoms with van der Waals surface area (Å²) in [4.78, 5) is 30.1. The molecule has 172 valence electrons. The second-order valence-electron chi connectivity index (χ2n) is 8.70. The largest absolute Gasteiger partial charge is 0.351 e. The summed E-state index contributed by atoms with van der Waals surface area (Å²) in [5, 5.41) is 5.11. The van der Waals surface area contributed by atoms with E-state index in [4.69, 9.17) is 0 Å². The van der Waals surface area contributed by atoms with Crippen LogP contribution in [0.2, 0.25) is 0 Å². The Morgan fingerprint density at radius 2 is 1.70 bits per heavy atom. The van der Waals surface area contributed by atoms with E-state index in [9.17, 15) is 14.0 Å². The number of para-hydroxylation sites is 1. The Balaban J connectivity index is 1.81. The van der Waals surface area contributed by atoms with Gasteiger partial charge in [0.15, 0.2) is 0 Å². The Morgan fingerprint density at radius 3 is 2.30 bits per heavy atom. The van der Waals surface area contributed by atoms with Crippen LogP contribution in [0.15, 0.2) is 60.0 Å². The average Bonchev–Trinajstić information content (AvgIpc) is 3.48.